The summed E-state index contributed by atoms with van der Waals surface area (Å²) in [4.78, 5) is 10.7. The summed E-state index contributed by atoms with van der Waals surface area (Å²) in [5.74, 6) is 0.749. The molecule has 0 amide bonds. The number of nitrogens with zero attached hydrogens (tertiary/aromatic N) is 3. The van der Waals surface area contributed by atoms with Crippen LogP contribution in [0, 0.1) is 6.92 Å². The Labute approximate surface area is 111 Å². The molecule has 0 aliphatic carbocycles. The first kappa shape index (κ1) is 12.4. The number of thiocarbonyl (C=S) groups is 1. The normalized spacial score (nSPS) is 10.1. The van der Waals surface area contributed by atoms with Crippen molar-refractivity contribution in [3.8, 4) is 0 Å². The number of nitrogens with two attached hydrogens (primary N) is 1. The molecule has 18 heavy (non-hydrogen) atoms. The van der Waals surface area contributed by atoms with E-state index in [0.29, 0.717) is 5.69 Å². The first-order chi connectivity index (χ1) is 8.58. The number of benzene rings is 1. The van der Waals surface area contributed by atoms with Gasteiger partial charge in [0.25, 0.3) is 0 Å². The van der Waals surface area contributed by atoms with Crippen LogP contribution in [0.2, 0.25) is 0 Å². The fourth-order valence-corrected chi connectivity index (χ4v) is 1.63. The summed E-state index contributed by atoms with van der Waals surface area (Å²) in [6.45, 7) is 2.06. The second-order valence-corrected chi connectivity index (χ2v) is 4.46. The van der Waals surface area contributed by atoms with E-state index in [0.717, 1.165) is 11.5 Å². The van der Waals surface area contributed by atoms with E-state index in [1.807, 2.05) is 24.1 Å². The molecule has 92 valence electrons. The summed E-state index contributed by atoms with van der Waals surface area (Å²) in [6, 6.07) is 8.20. The monoisotopic (exact) mass is 258 g/mol. The third-order valence-corrected chi connectivity index (χ3v) is 2.86. The smallest absolute Gasteiger partial charge is 0.151 e. The first-order valence-corrected chi connectivity index (χ1v) is 5.91. The molecule has 2 N–H and O–H groups in total. The lowest BCUT2D eigenvalue weighted by molar-refractivity contribution is 1.08. The van der Waals surface area contributed by atoms with Gasteiger partial charge in [-0.2, -0.15) is 0 Å². The van der Waals surface area contributed by atoms with Crippen LogP contribution in [0.1, 0.15) is 11.3 Å². The highest BCUT2D eigenvalue weighted by Crippen LogP contribution is 2.20. The van der Waals surface area contributed by atoms with Crippen LogP contribution in [-0.4, -0.2) is 22.0 Å². The van der Waals surface area contributed by atoms with Crippen LogP contribution in [-0.2, 0) is 0 Å². The Kier molecular flexibility index (Phi) is 3.53. The van der Waals surface area contributed by atoms with E-state index >= 15 is 0 Å². The van der Waals surface area contributed by atoms with Crippen molar-refractivity contribution in [3.05, 3.63) is 47.9 Å². The van der Waals surface area contributed by atoms with Gasteiger partial charge in [-0.15, -0.1) is 0 Å². The minimum Gasteiger partial charge on any atom is -0.388 e. The molecule has 2 rings (SSSR count). The Hall–Kier alpha value is -2.01. The van der Waals surface area contributed by atoms with Crippen molar-refractivity contribution in [2.24, 2.45) is 5.73 Å². The van der Waals surface area contributed by atoms with Crippen molar-refractivity contribution >= 4 is 28.7 Å². The average molecular weight is 258 g/mol. The number of hydrogen-bond donors (Lipinski definition) is 1. The molecule has 4 nitrogen and oxygen atoms in total. The van der Waals surface area contributed by atoms with Gasteiger partial charge in [0.1, 0.15) is 10.7 Å². The highest BCUT2D eigenvalue weighted by molar-refractivity contribution is 7.80. The molecule has 0 unspecified atom stereocenters. The molecule has 1 aromatic heterocycles. The largest absolute Gasteiger partial charge is 0.388 e. The van der Waals surface area contributed by atoms with Crippen molar-refractivity contribution in [1.82, 2.24) is 9.97 Å². The molecule has 0 aliphatic rings. The standard InChI is InChI=1S/C13H14N4S/c1-9-3-5-10(6-4-9)17(2)12-8-15-11(7-16-12)13(14)18/h3-8H,1-2H3,(H2,14,18). The van der Waals surface area contributed by atoms with Gasteiger partial charge in [0.2, 0.25) is 0 Å². The summed E-state index contributed by atoms with van der Waals surface area (Å²) in [7, 11) is 1.94. The molecule has 1 heterocycles. The van der Waals surface area contributed by atoms with Crippen LogP contribution in [0.15, 0.2) is 36.7 Å². The molecule has 0 saturated heterocycles. The summed E-state index contributed by atoms with van der Waals surface area (Å²) < 4.78 is 0. The van der Waals surface area contributed by atoms with Crippen molar-refractivity contribution < 1.29 is 0 Å². The van der Waals surface area contributed by atoms with Crippen molar-refractivity contribution in [3.63, 3.8) is 0 Å². The molecule has 1 aromatic carbocycles. The maximum absolute atomic E-state index is 5.48. The molecule has 0 fully saturated rings. The second-order valence-electron chi connectivity index (χ2n) is 4.02. The van der Waals surface area contributed by atoms with Crippen molar-refractivity contribution in [1.29, 1.82) is 0 Å². The van der Waals surface area contributed by atoms with E-state index in [2.05, 4.69) is 29.0 Å². The van der Waals surface area contributed by atoms with E-state index in [-0.39, 0.29) is 4.99 Å². The molecular weight excluding hydrogens is 244 g/mol. The topological polar surface area (TPSA) is 55.0 Å². The quantitative estimate of drug-likeness (QED) is 0.855. The fourth-order valence-electron chi connectivity index (χ4n) is 1.52. The Morgan fingerprint density at radius 1 is 1.17 bits per heavy atom. The molecule has 0 spiro atoms. The third-order valence-electron chi connectivity index (χ3n) is 2.66. The van der Waals surface area contributed by atoms with Gasteiger partial charge in [0.05, 0.1) is 12.4 Å². The second kappa shape index (κ2) is 5.10. The summed E-state index contributed by atoms with van der Waals surface area (Å²) in [6.07, 6.45) is 3.25. The minimum atomic E-state index is 0.257. The summed E-state index contributed by atoms with van der Waals surface area (Å²) in [5.41, 5.74) is 8.29. The fraction of sp³-hybridized carbons (Fsp3) is 0.154. The first-order valence-electron chi connectivity index (χ1n) is 5.50. The number of aromatic nitrogens is 2. The molecule has 0 atom stereocenters. The third kappa shape index (κ3) is 2.62. The molecule has 0 radical (unpaired) electrons. The Balaban J connectivity index is 2.25. The van der Waals surface area contributed by atoms with Crippen LogP contribution < -0.4 is 10.6 Å². The number of hydrogen-bond acceptors (Lipinski definition) is 4. The lowest BCUT2D eigenvalue weighted by Gasteiger charge is -2.18. The highest BCUT2D eigenvalue weighted by atomic mass is 32.1. The van der Waals surface area contributed by atoms with Gasteiger partial charge in [0, 0.05) is 12.7 Å². The van der Waals surface area contributed by atoms with E-state index in [9.17, 15) is 0 Å². The number of aryl methyl sites for hydroxylation is 1. The van der Waals surface area contributed by atoms with Gasteiger partial charge in [0.15, 0.2) is 5.82 Å². The zero-order valence-corrected chi connectivity index (χ0v) is 11.1. The number of rotatable bonds is 3. The molecule has 2 aromatic rings. The predicted molar refractivity (Wildman–Crippen MR) is 77.2 cm³/mol. The Bertz CT molecular complexity index is 548. The van der Waals surface area contributed by atoms with Gasteiger partial charge in [-0.3, -0.25) is 0 Å². The predicted octanol–water partition coefficient (Wildman–Crippen LogP) is 2.19. The minimum absolute atomic E-state index is 0.257. The summed E-state index contributed by atoms with van der Waals surface area (Å²) in [5, 5.41) is 0. The van der Waals surface area contributed by atoms with Crippen molar-refractivity contribution in [2.45, 2.75) is 6.92 Å². The van der Waals surface area contributed by atoms with E-state index in [1.54, 1.807) is 12.4 Å². The van der Waals surface area contributed by atoms with E-state index in [1.165, 1.54) is 5.56 Å². The maximum Gasteiger partial charge on any atom is 0.151 e. The number of anilines is 2. The van der Waals surface area contributed by atoms with Gasteiger partial charge in [-0.05, 0) is 19.1 Å². The molecule has 0 saturated carbocycles. The van der Waals surface area contributed by atoms with Crippen LogP contribution in [0.4, 0.5) is 11.5 Å². The highest BCUT2D eigenvalue weighted by Gasteiger charge is 2.06. The lowest BCUT2D eigenvalue weighted by Crippen LogP contribution is -2.15. The van der Waals surface area contributed by atoms with Crippen molar-refractivity contribution in [2.75, 3.05) is 11.9 Å². The SMILES string of the molecule is Cc1ccc(N(C)c2cnc(C(N)=S)cn2)cc1. The van der Waals surface area contributed by atoms with Crippen LogP contribution >= 0.6 is 12.2 Å². The Morgan fingerprint density at radius 3 is 2.33 bits per heavy atom. The van der Waals surface area contributed by atoms with Gasteiger partial charge < -0.3 is 10.6 Å². The average Bonchev–Trinajstić information content (AvgIpc) is 2.39. The molecule has 5 heteroatoms. The maximum atomic E-state index is 5.48. The van der Waals surface area contributed by atoms with Crippen LogP contribution in [0.5, 0.6) is 0 Å². The lowest BCUT2D eigenvalue weighted by atomic mass is 10.2. The molecular formula is C13H14N4S. The zero-order valence-electron chi connectivity index (χ0n) is 10.3. The van der Waals surface area contributed by atoms with E-state index < -0.39 is 0 Å². The Morgan fingerprint density at radius 2 is 1.83 bits per heavy atom. The van der Waals surface area contributed by atoms with Gasteiger partial charge in [-0.1, -0.05) is 29.9 Å². The van der Waals surface area contributed by atoms with Gasteiger partial charge >= 0.3 is 0 Å². The zero-order chi connectivity index (χ0) is 13.1. The summed E-state index contributed by atoms with van der Waals surface area (Å²) >= 11 is 4.84. The van der Waals surface area contributed by atoms with Gasteiger partial charge in [-0.25, -0.2) is 9.97 Å². The molecule has 0 aliphatic heterocycles. The van der Waals surface area contributed by atoms with Crippen LogP contribution in [0.3, 0.4) is 0 Å². The molecule has 0 bridgehead atoms. The van der Waals surface area contributed by atoms with E-state index in [4.69, 9.17) is 18.0 Å². The van der Waals surface area contributed by atoms with Crippen LogP contribution in [0.25, 0.3) is 0 Å².